The van der Waals surface area contributed by atoms with E-state index in [1.807, 2.05) is 12.1 Å². The van der Waals surface area contributed by atoms with E-state index < -0.39 is 183 Å². The van der Waals surface area contributed by atoms with Crippen LogP contribution in [-0.4, -0.2) is 157 Å². The van der Waals surface area contributed by atoms with Gasteiger partial charge in [0.15, 0.2) is 0 Å². The van der Waals surface area contributed by atoms with E-state index in [1.54, 1.807) is 55.8 Å². The standard InChI is InChI=1S/C52H64F2N10O15/c1-28(57-41(68)26-64-42(69)14-15-43(64)70)47(74)58-29(2)48(75)61-37(23-39(55)66)50(77)60-35(49(76)56-19-17-40(67)59-36(51(78)79)13-16-45(72)73)18-20-63(44(71)27-65)46(52(3,4)5)38-21-31(33-22-32(53)11-12-34(33)54)25-62(38)24-30-9-7-6-8-10-30/h6-12,14-15,21-22,25,28-29,35-37,46,65H,13,16-20,23-24,26-27H2,1-5H3,(H2,55,66)(H,56,76)(H,57,68)(H,58,74)(H,59,67)(H,60,77)(H,61,75)(H,72,73)(H,78,79)/t28-,29-,35-,36+,37-,46-/m0/s1. The molecule has 27 heteroatoms. The maximum atomic E-state index is 15.4. The molecule has 79 heavy (non-hydrogen) atoms. The number of imide groups is 1. The van der Waals surface area contributed by atoms with Crippen LogP contribution in [0.3, 0.4) is 0 Å². The molecule has 1 aliphatic heterocycles. The number of carboxylic acids is 2. The summed E-state index contributed by atoms with van der Waals surface area (Å²) in [5.74, 6) is -13.9. The van der Waals surface area contributed by atoms with Crippen molar-refractivity contribution in [3.8, 4) is 11.1 Å². The molecule has 2 heterocycles. The third-order valence-electron chi connectivity index (χ3n) is 12.2. The molecule has 0 radical (unpaired) electrons. The van der Waals surface area contributed by atoms with Gasteiger partial charge < -0.3 is 62.4 Å². The minimum absolute atomic E-state index is 0.106. The predicted molar refractivity (Wildman–Crippen MR) is 274 cm³/mol. The third-order valence-corrected chi connectivity index (χ3v) is 12.2. The van der Waals surface area contributed by atoms with Crippen LogP contribution in [0.5, 0.6) is 0 Å². The minimum atomic E-state index is -1.86. The van der Waals surface area contributed by atoms with Crippen molar-refractivity contribution in [2.45, 2.75) is 110 Å². The van der Waals surface area contributed by atoms with Crippen molar-refractivity contribution in [1.29, 1.82) is 0 Å². The maximum absolute atomic E-state index is 15.4. The first kappa shape index (κ1) is 62.7. The molecule has 426 valence electrons. The fraction of sp³-hybridized carbons (Fsp3) is 0.423. The number of carboxylic acid groups (broad SMARTS) is 2. The molecule has 25 nitrogen and oxygen atoms in total. The molecule has 11 N–H and O–H groups in total. The monoisotopic (exact) mass is 1110 g/mol. The number of nitrogens with one attached hydrogen (secondary N) is 6. The largest absolute Gasteiger partial charge is 0.481 e. The van der Waals surface area contributed by atoms with Crippen molar-refractivity contribution in [3.63, 3.8) is 0 Å². The molecule has 0 bridgehead atoms. The van der Waals surface area contributed by atoms with Crippen LogP contribution in [0.15, 0.2) is 72.9 Å². The van der Waals surface area contributed by atoms with Crippen molar-refractivity contribution in [2.75, 3.05) is 26.2 Å². The first-order chi connectivity index (χ1) is 37.1. The smallest absolute Gasteiger partial charge is 0.326 e. The molecule has 4 rings (SSSR count). The normalized spacial score (nSPS) is 14.4. The number of aromatic nitrogens is 1. The summed E-state index contributed by atoms with van der Waals surface area (Å²) in [5, 5.41) is 42.9. The number of carbonyl (C=O) groups is 12. The fourth-order valence-corrected chi connectivity index (χ4v) is 8.32. The minimum Gasteiger partial charge on any atom is -0.481 e. The Hall–Kier alpha value is -8.88. The number of amides is 10. The Kier molecular flexibility index (Phi) is 22.6. The highest BCUT2D eigenvalue weighted by Crippen LogP contribution is 2.41. The van der Waals surface area contributed by atoms with E-state index in [0.29, 0.717) is 10.6 Å². The van der Waals surface area contributed by atoms with Crippen LogP contribution in [-0.2, 0) is 64.1 Å². The van der Waals surface area contributed by atoms with Crippen molar-refractivity contribution < 1.29 is 81.6 Å². The van der Waals surface area contributed by atoms with E-state index in [0.717, 1.165) is 35.9 Å². The van der Waals surface area contributed by atoms with E-state index in [2.05, 4.69) is 31.9 Å². The van der Waals surface area contributed by atoms with Crippen LogP contribution in [0.4, 0.5) is 8.78 Å². The number of carbonyl (C=O) groups excluding carboxylic acids is 10. The van der Waals surface area contributed by atoms with E-state index in [4.69, 9.17) is 10.8 Å². The van der Waals surface area contributed by atoms with E-state index in [1.165, 1.54) is 18.7 Å². The second kappa shape index (κ2) is 28.5. The van der Waals surface area contributed by atoms with Gasteiger partial charge in [-0.25, -0.2) is 13.6 Å². The van der Waals surface area contributed by atoms with Gasteiger partial charge in [0.2, 0.25) is 47.3 Å². The summed E-state index contributed by atoms with van der Waals surface area (Å²) in [7, 11) is 0. The SMILES string of the molecule is C[C@H](NC(=O)CN1C(=O)C=CC1=O)C(=O)N[C@@H](C)C(=O)N[C@@H](CC(N)=O)C(=O)N[C@@H](CCN(C(=O)CO)[C@@H](c1cc(-c2cc(F)ccc2F)cn1Cc1ccccc1)C(C)(C)C)C(=O)NCCC(=O)N[C@H](CCC(=O)O)C(=O)O. The zero-order valence-electron chi connectivity index (χ0n) is 43.9. The molecule has 3 aromatic rings. The highest BCUT2D eigenvalue weighted by Gasteiger charge is 2.39. The van der Waals surface area contributed by atoms with Crippen LogP contribution in [0.2, 0.25) is 0 Å². The lowest BCUT2D eigenvalue weighted by molar-refractivity contribution is -0.143. The summed E-state index contributed by atoms with van der Waals surface area (Å²) in [6.45, 7) is 5.05. The summed E-state index contributed by atoms with van der Waals surface area (Å²) in [5.41, 5.74) is 5.76. The molecule has 0 spiro atoms. The predicted octanol–water partition coefficient (Wildman–Crippen LogP) is -0.500. The number of aliphatic carboxylic acids is 2. The quantitative estimate of drug-likeness (QED) is 0.0392. The first-order valence-corrected chi connectivity index (χ1v) is 24.7. The van der Waals surface area contributed by atoms with E-state index in [-0.39, 0.29) is 17.7 Å². The number of benzene rings is 2. The summed E-state index contributed by atoms with van der Waals surface area (Å²) >= 11 is 0. The molecule has 0 saturated carbocycles. The van der Waals surface area contributed by atoms with Gasteiger partial charge in [-0.15, -0.1) is 0 Å². The van der Waals surface area contributed by atoms with Gasteiger partial charge in [-0.3, -0.25) is 57.6 Å². The van der Waals surface area contributed by atoms with Gasteiger partial charge >= 0.3 is 11.9 Å². The van der Waals surface area contributed by atoms with Crippen molar-refractivity contribution in [3.05, 3.63) is 95.8 Å². The summed E-state index contributed by atoms with van der Waals surface area (Å²) in [4.78, 5) is 155. The van der Waals surface area contributed by atoms with Gasteiger partial charge in [0.25, 0.3) is 11.8 Å². The fourth-order valence-electron chi connectivity index (χ4n) is 8.32. The van der Waals surface area contributed by atoms with Crippen molar-refractivity contribution in [1.82, 2.24) is 46.3 Å². The number of rotatable bonds is 29. The Labute approximate surface area is 451 Å². The lowest BCUT2D eigenvalue weighted by Gasteiger charge is -2.41. The molecule has 6 atom stereocenters. The number of aliphatic hydroxyl groups excluding tert-OH is 1. The van der Waals surface area contributed by atoms with Gasteiger partial charge in [-0.05, 0) is 61.9 Å². The van der Waals surface area contributed by atoms with Crippen LogP contribution in [0.1, 0.15) is 84.0 Å². The molecule has 0 saturated heterocycles. The second-order valence-corrected chi connectivity index (χ2v) is 19.5. The molecule has 1 aliphatic rings. The zero-order chi connectivity index (χ0) is 58.9. The first-order valence-electron chi connectivity index (χ1n) is 24.7. The Morgan fingerprint density at radius 1 is 0.722 bits per heavy atom. The number of nitrogens with zero attached hydrogens (tertiary/aromatic N) is 3. The van der Waals surface area contributed by atoms with Crippen LogP contribution in [0.25, 0.3) is 11.1 Å². The highest BCUT2D eigenvalue weighted by molar-refractivity contribution is 6.14. The average molecular weight is 1110 g/mol. The zero-order valence-corrected chi connectivity index (χ0v) is 43.9. The molecular weight excluding hydrogens is 1040 g/mol. The highest BCUT2D eigenvalue weighted by atomic mass is 19.1. The lowest BCUT2D eigenvalue weighted by atomic mass is 9.82. The Bertz CT molecular complexity index is 2820. The number of primary amides is 1. The van der Waals surface area contributed by atoms with Gasteiger partial charge in [-0.1, -0.05) is 51.1 Å². The lowest BCUT2D eigenvalue weighted by Crippen LogP contribution is -2.58. The molecular formula is C52H64F2N10O15. The van der Waals surface area contributed by atoms with Crippen molar-refractivity contribution >= 4 is 71.0 Å². The van der Waals surface area contributed by atoms with Gasteiger partial charge in [0.1, 0.15) is 55.0 Å². The molecule has 0 fully saturated rings. The molecule has 0 aliphatic carbocycles. The number of halogens is 2. The Morgan fingerprint density at radius 3 is 1.94 bits per heavy atom. The summed E-state index contributed by atoms with van der Waals surface area (Å²) < 4.78 is 31.7. The van der Waals surface area contributed by atoms with E-state index >= 15 is 4.39 Å². The van der Waals surface area contributed by atoms with Gasteiger partial charge in [-0.2, -0.15) is 0 Å². The Morgan fingerprint density at radius 2 is 1.34 bits per heavy atom. The van der Waals surface area contributed by atoms with Crippen LogP contribution < -0.4 is 37.6 Å². The molecule has 2 aromatic carbocycles. The number of nitrogens with two attached hydrogens (primary N) is 1. The molecule has 10 amide bonds. The summed E-state index contributed by atoms with van der Waals surface area (Å²) in [6.07, 6.45) is 0.458. The number of hydrogen-bond donors (Lipinski definition) is 10. The van der Waals surface area contributed by atoms with Crippen LogP contribution >= 0.6 is 0 Å². The molecule has 1 aromatic heterocycles. The van der Waals surface area contributed by atoms with E-state index in [9.17, 15) is 72.1 Å². The van der Waals surface area contributed by atoms with Gasteiger partial charge in [0.05, 0.1) is 12.5 Å². The average Bonchev–Trinajstić information content (AvgIpc) is 4.03. The van der Waals surface area contributed by atoms with Crippen LogP contribution in [0, 0.1) is 17.0 Å². The topological polar surface area (TPSA) is 375 Å². The summed E-state index contributed by atoms with van der Waals surface area (Å²) in [6, 6.07) is 4.40. The van der Waals surface area contributed by atoms with Gasteiger partial charge in [0, 0.05) is 67.6 Å². The Balaban J connectivity index is 1.66. The number of hydrogen-bond acceptors (Lipinski definition) is 13. The second-order valence-electron chi connectivity index (χ2n) is 19.5. The van der Waals surface area contributed by atoms with Crippen molar-refractivity contribution in [2.24, 2.45) is 11.1 Å². The third kappa shape index (κ3) is 18.7. The number of aliphatic hydroxyl groups is 1. The maximum Gasteiger partial charge on any atom is 0.326 e. The molecule has 0 unspecified atom stereocenters.